The van der Waals surface area contributed by atoms with Crippen LogP contribution in [-0.4, -0.2) is 19.7 Å². The Kier molecular flexibility index (Phi) is 5.47. The summed E-state index contributed by atoms with van der Waals surface area (Å²) in [4.78, 5) is 11.7. The molecule has 1 aromatic carbocycles. The summed E-state index contributed by atoms with van der Waals surface area (Å²) >= 11 is 3.40. The number of hydrogen-bond acceptors (Lipinski definition) is 2. The van der Waals surface area contributed by atoms with E-state index in [1.165, 1.54) is 0 Å². The molecule has 2 N–H and O–H groups in total. The first-order valence-corrected chi connectivity index (χ1v) is 6.62. The number of anilines is 1. The van der Waals surface area contributed by atoms with Gasteiger partial charge in [0.05, 0.1) is 12.8 Å². The minimum atomic E-state index is -0.215. The standard InChI is InChI=1S/C13H19BrN2O2/c1-8(2)7-15-13(17)16-12-9(3)5-10(14)6-11(12)18-4/h5-6,8H,7H2,1-4H3,(H2,15,16,17). The van der Waals surface area contributed by atoms with Gasteiger partial charge < -0.3 is 15.4 Å². The zero-order chi connectivity index (χ0) is 13.7. The Morgan fingerprint density at radius 1 is 1.44 bits per heavy atom. The Bertz CT molecular complexity index is 433. The number of halogens is 1. The van der Waals surface area contributed by atoms with Crippen molar-refractivity contribution < 1.29 is 9.53 Å². The van der Waals surface area contributed by atoms with E-state index in [-0.39, 0.29) is 6.03 Å². The molecule has 0 atom stereocenters. The third kappa shape index (κ3) is 4.22. The lowest BCUT2D eigenvalue weighted by Crippen LogP contribution is -2.32. The predicted octanol–water partition coefficient (Wildman–Crippen LogP) is 3.54. The first-order valence-electron chi connectivity index (χ1n) is 5.83. The third-order valence-corrected chi connectivity index (χ3v) is 2.85. The lowest BCUT2D eigenvalue weighted by atomic mass is 10.2. The van der Waals surface area contributed by atoms with Gasteiger partial charge in [-0.15, -0.1) is 0 Å². The fraction of sp³-hybridized carbons (Fsp3) is 0.462. The molecule has 4 nitrogen and oxygen atoms in total. The molecule has 0 radical (unpaired) electrons. The summed E-state index contributed by atoms with van der Waals surface area (Å²) in [5, 5.41) is 5.62. The van der Waals surface area contributed by atoms with Crippen LogP contribution in [0, 0.1) is 12.8 Å². The smallest absolute Gasteiger partial charge is 0.319 e. The number of hydrogen-bond donors (Lipinski definition) is 2. The minimum absolute atomic E-state index is 0.215. The number of benzene rings is 1. The van der Waals surface area contributed by atoms with E-state index in [2.05, 4.69) is 26.6 Å². The van der Waals surface area contributed by atoms with Crippen LogP contribution >= 0.6 is 15.9 Å². The van der Waals surface area contributed by atoms with Gasteiger partial charge in [-0.1, -0.05) is 29.8 Å². The summed E-state index contributed by atoms with van der Waals surface area (Å²) in [5.41, 5.74) is 1.64. The molecule has 0 bridgehead atoms. The van der Waals surface area contributed by atoms with Gasteiger partial charge in [-0.05, 0) is 30.5 Å². The Labute approximate surface area is 116 Å². The summed E-state index contributed by atoms with van der Waals surface area (Å²) in [6.45, 7) is 6.66. The number of methoxy groups -OCH3 is 1. The summed E-state index contributed by atoms with van der Waals surface area (Å²) < 4.78 is 6.18. The third-order valence-electron chi connectivity index (χ3n) is 2.39. The summed E-state index contributed by atoms with van der Waals surface area (Å²) in [5.74, 6) is 1.06. The van der Waals surface area contributed by atoms with Crippen LogP contribution in [0.5, 0.6) is 5.75 Å². The normalized spacial score (nSPS) is 10.3. The van der Waals surface area contributed by atoms with E-state index in [1.807, 2.05) is 32.9 Å². The van der Waals surface area contributed by atoms with E-state index in [0.717, 1.165) is 10.0 Å². The van der Waals surface area contributed by atoms with Gasteiger partial charge in [-0.25, -0.2) is 4.79 Å². The predicted molar refractivity (Wildman–Crippen MR) is 77.3 cm³/mol. The molecule has 2 amide bonds. The van der Waals surface area contributed by atoms with E-state index in [9.17, 15) is 4.79 Å². The van der Waals surface area contributed by atoms with Crippen molar-refractivity contribution in [3.8, 4) is 5.75 Å². The highest BCUT2D eigenvalue weighted by Gasteiger charge is 2.11. The molecular formula is C13H19BrN2O2. The molecule has 0 spiro atoms. The second-order valence-corrected chi connectivity index (χ2v) is 5.44. The van der Waals surface area contributed by atoms with Crippen LogP contribution in [0.4, 0.5) is 10.5 Å². The van der Waals surface area contributed by atoms with Gasteiger partial charge in [0, 0.05) is 11.0 Å². The van der Waals surface area contributed by atoms with Crippen molar-refractivity contribution in [1.29, 1.82) is 0 Å². The molecule has 18 heavy (non-hydrogen) atoms. The molecule has 0 saturated heterocycles. The van der Waals surface area contributed by atoms with Crippen LogP contribution in [0.15, 0.2) is 16.6 Å². The number of carbonyl (C=O) groups is 1. The van der Waals surface area contributed by atoms with E-state index >= 15 is 0 Å². The van der Waals surface area contributed by atoms with Crippen molar-refractivity contribution in [3.63, 3.8) is 0 Å². The largest absolute Gasteiger partial charge is 0.495 e. The summed E-state index contributed by atoms with van der Waals surface area (Å²) in [6, 6.07) is 3.54. The quantitative estimate of drug-likeness (QED) is 0.893. The Balaban J connectivity index is 2.80. The molecule has 0 unspecified atom stereocenters. The van der Waals surface area contributed by atoms with Gasteiger partial charge in [0.25, 0.3) is 0 Å². The fourth-order valence-electron chi connectivity index (χ4n) is 1.49. The molecule has 5 heteroatoms. The van der Waals surface area contributed by atoms with Crippen LogP contribution in [0.25, 0.3) is 0 Å². The highest BCUT2D eigenvalue weighted by molar-refractivity contribution is 9.10. The molecule has 0 aliphatic rings. The number of nitrogens with one attached hydrogen (secondary N) is 2. The Morgan fingerprint density at radius 2 is 2.11 bits per heavy atom. The van der Waals surface area contributed by atoms with E-state index in [1.54, 1.807) is 7.11 Å². The molecular weight excluding hydrogens is 296 g/mol. The number of aryl methyl sites for hydroxylation is 1. The van der Waals surface area contributed by atoms with Gasteiger partial charge in [0.1, 0.15) is 5.75 Å². The Morgan fingerprint density at radius 3 is 2.67 bits per heavy atom. The second-order valence-electron chi connectivity index (χ2n) is 4.53. The summed E-state index contributed by atoms with van der Waals surface area (Å²) in [7, 11) is 1.58. The van der Waals surface area contributed by atoms with E-state index in [0.29, 0.717) is 23.9 Å². The molecule has 1 aromatic rings. The van der Waals surface area contributed by atoms with Crippen molar-refractivity contribution in [3.05, 3.63) is 22.2 Å². The van der Waals surface area contributed by atoms with E-state index < -0.39 is 0 Å². The monoisotopic (exact) mass is 314 g/mol. The maximum Gasteiger partial charge on any atom is 0.319 e. The molecule has 0 saturated carbocycles. The topological polar surface area (TPSA) is 50.4 Å². The molecule has 1 rings (SSSR count). The van der Waals surface area contributed by atoms with Crippen molar-refractivity contribution in [2.24, 2.45) is 5.92 Å². The van der Waals surface area contributed by atoms with Gasteiger partial charge in [0.15, 0.2) is 0 Å². The molecule has 0 heterocycles. The van der Waals surface area contributed by atoms with Gasteiger partial charge in [-0.2, -0.15) is 0 Å². The zero-order valence-corrected chi connectivity index (χ0v) is 12.7. The van der Waals surface area contributed by atoms with Crippen LogP contribution < -0.4 is 15.4 Å². The highest BCUT2D eigenvalue weighted by atomic mass is 79.9. The van der Waals surface area contributed by atoms with Crippen molar-refractivity contribution in [2.45, 2.75) is 20.8 Å². The molecule has 0 aromatic heterocycles. The number of rotatable bonds is 4. The van der Waals surface area contributed by atoms with Crippen molar-refractivity contribution in [1.82, 2.24) is 5.32 Å². The highest BCUT2D eigenvalue weighted by Crippen LogP contribution is 2.31. The molecule has 100 valence electrons. The average Bonchev–Trinajstić information content (AvgIpc) is 2.29. The minimum Gasteiger partial charge on any atom is -0.495 e. The first kappa shape index (κ1) is 14.8. The number of amides is 2. The summed E-state index contributed by atoms with van der Waals surface area (Å²) in [6.07, 6.45) is 0. The van der Waals surface area contributed by atoms with Gasteiger partial charge in [-0.3, -0.25) is 0 Å². The second kappa shape index (κ2) is 6.64. The lowest BCUT2D eigenvalue weighted by molar-refractivity contribution is 0.250. The van der Waals surface area contributed by atoms with Gasteiger partial charge >= 0.3 is 6.03 Å². The van der Waals surface area contributed by atoms with Crippen LogP contribution in [-0.2, 0) is 0 Å². The lowest BCUT2D eigenvalue weighted by Gasteiger charge is -2.15. The van der Waals surface area contributed by atoms with Crippen molar-refractivity contribution in [2.75, 3.05) is 19.0 Å². The first-order chi connectivity index (χ1) is 8.43. The molecule has 0 fully saturated rings. The van der Waals surface area contributed by atoms with E-state index in [4.69, 9.17) is 4.74 Å². The molecule has 0 aliphatic carbocycles. The average molecular weight is 315 g/mol. The fourth-order valence-corrected chi connectivity index (χ4v) is 2.04. The number of urea groups is 1. The van der Waals surface area contributed by atoms with Crippen LogP contribution in [0.3, 0.4) is 0 Å². The number of ether oxygens (including phenoxy) is 1. The van der Waals surface area contributed by atoms with Crippen molar-refractivity contribution >= 4 is 27.6 Å². The van der Waals surface area contributed by atoms with Crippen LogP contribution in [0.2, 0.25) is 0 Å². The molecule has 0 aliphatic heterocycles. The zero-order valence-electron chi connectivity index (χ0n) is 11.1. The maximum atomic E-state index is 11.7. The Hall–Kier alpha value is -1.23. The van der Waals surface area contributed by atoms with Gasteiger partial charge in [0.2, 0.25) is 0 Å². The maximum absolute atomic E-state index is 11.7. The number of carbonyl (C=O) groups excluding carboxylic acids is 1. The van der Waals surface area contributed by atoms with Crippen LogP contribution in [0.1, 0.15) is 19.4 Å². The SMILES string of the molecule is COc1cc(Br)cc(C)c1NC(=O)NCC(C)C.